The third-order valence-corrected chi connectivity index (χ3v) is 3.39. The summed E-state index contributed by atoms with van der Waals surface area (Å²) in [7, 11) is 1.58. The number of hydrogen-bond acceptors (Lipinski definition) is 3. The summed E-state index contributed by atoms with van der Waals surface area (Å²) in [5.41, 5.74) is -0.158. The maximum absolute atomic E-state index is 11.7. The van der Waals surface area contributed by atoms with E-state index >= 15 is 0 Å². The van der Waals surface area contributed by atoms with E-state index in [9.17, 15) is 9.90 Å². The topological polar surface area (TPSA) is 70.6 Å². The Kier molecular flexibility index (Phi) is 3.95. The number of benzene rings is 1. The summed E-state index contributed by atoms with van der Waals surface area (Å²) in [6, 6.07) is 6.80. The first-order valence-electron chi connectivity index (χ1n) is 6.42. The van der Waals surface area contributed by atoms with Crippen molar-refractivity contribution in [2.45, 2.75) is 25.4 Å². The lowest BCUT2D eigenvalue weighted by Crippen LogP contribution is -2.43. The van der Waals surface area contributed by atoms with Crippen LogP contribution in [0.1, 0.15) is 19.8 Å². The monoisotopic (exact) mass is 264 g/mol. The standard InChI is InChI=1S/C14H20N2O3/c1-14(18,10-6-7-10)9-15-13(17)16-11-4-3-5-12(8-11)19-2/h3-5,8,10,18H,6-7,9H2,1-2H3,(H2,15,16,17). The second kappa shape index (κ2) is 5.48. The molecular weight excluding hydrogens is 244 g/mol. The lowest BCUT2D eigenvalue weighted by molar-refractivity contribution is 0.0398. The molecule has 3 N–H and O–H groups in total. The molecular formula is C14H20N2O3. The zero-order valence-electron chi connectivity index (χ0n) is 11.3. The zero-order chi connectivity index (χ0) is 13.9. The van der Waals surface area contributed by atoms with E-state index in [4.69, 9.17) is 4.74 Å². The molecule has 0 bridgehead atoms. The lowest BCUT2D eigenvalue weighted by atomic mass is 10.0. The minimum Gasteiger partial charge on any atom is -0.497 e. The number of methoxy groups -OCH3 is 1. The molecule has 5 nitrogen and oxygen atoms in total. The first-order valence-corrected chi connectivity index (χ1v) is 6.42. The molecule has 0 saturated heterocycles. The smallest absolute Gasteiger partial charge is 0.319 e. The van der Waals surface area contributed by atoms with Gasteiger partial charge < -0.3 is 20.5 Å². The number of carbonyl (C=O) groups is 1. The fraction of sp³-hybridized carbons (Fsp3) is 0.500. The molecule has 1 atom stereocenters. The van der Waals surface area contributed by atoms with Gasteiger partial charge in [0.05, 0.1) is 12.7 Å². The fourth-order valence-corrected chi connectivity index (χ4v) is 1.98. The number of anilines is 1. The number of ether oxygens (including phenoxy) is 1. The Morgan fingerprint density at radius 2 is 2.26 bits per heavy atom. The Hall–Kier alpha value is -1.75. The first kappa shape index (κ1) is 13.7. The summed E-state index contributed by atoms with van der Waals surface area (Å²) in [6.45, 7) is 2.02. The van der Waals surface area contributed by atoms with Crippen molar-refractivity contribution in [3.63, 3.8) is 0 Å². The van der Waals surface area contributed by atoms with Crippen molar-refractivity contribution < 1.29 is 14.6 Å². The van der Waals surface area contributed by atoms with Gasteiger partial charge in [0, 0.05) is 18.3 Å². The van der Waals surface area contributed by atoms with Crippen molar-refractivity contribution in [3.8, 4) is 5.75 Å². The van der Waals surface area contributed by atoms with Crippen molar-refractivity contribution >= 4 is 11.7 Å². The molecule has 1 aliphatic carbocycles. The second-order valence-corrected chi connectivity index (χ2v) is 5.17. The van der Waals surface area contributed by atoms with Crippen LogP contribution in [0.15, 0.2) is 24.3 Å². The molecule has 2 amide bonds. The molecule has 0 heterocycles. The van der Waals surface area contributed by atoms with E-state index in [1.165, 1.54) is 0 Å². The van der Waals surface area contributed by atoms with Gasteiger partial charge in [-0.25, -0.2) is 4.79 Å². The molecule has 1 aromatic rings. The van der Waals surface area contributed by atoms with Crippen LogP contribution in [0, 0.1) is 5.92 Å². The highest BCUT2D eigenvalue weighted by Gasteiger charge is 2.39. The third kappa shape index (κ3) is 3.86. The number of rotatable bonds is 5. The molecule has 1 fully saturated rings. The zero-order valence-corrected chi connectivity index (χ0v) is 11.3. The average molecular weight is 264 g/mol. The number of nitrogens with one attached hydrogen (secondary N) is 2. The molecule has 1 aromatic carbocycles. The van der Waals surface area contributed by atoms with Gasteiger partial charge in [0.2, 0.25) is 0 Å². The Bertz CT molecular complexity index is 456. The van der Waals surface area contributed by atoms with Crippen LogP contribution >= 0.6 is 0 Å². The van der Waals surface area contributed by atoms with Crippen molar-refractivity contribution in [1.29, 1.82) is 0 Å². The van der Waals surface area contributed by atoms with Gasteiger partial charge in [0.15, 0.2) is 0 Å². The average Bonchev–Trinajstić information content (AvgIpc) is 3.21. The molecule has 0 radical (unpaired) electrons. The van der Waals surface area contributed by atoms with Gasteiger partial charge in [-0.15, -0.1) is 0 Å². The van der Waals surface area contributed by atoms with E-state index in [1.54, 1.807) is 38.3 Å². The van der Waals surface area contributed by atoms with Crippen LogP contribution in [0.2, 0.25) is 0 Å². The minimum absolute atomic E-state index is 0.257. The van der Waals surface area contributed by atoms with E-state index < -0.39 is 5.60 Å². The first-order chi connectivity index (χ1) is 9.01. The van der Waals surface area contributed by atoms with Crippen LogP contribution in [0.3, 0.4) is 0 Å². The predicted molar refractivity (Wildman–Crippen MR) is 73.4 cm³/mol. The summed E-state index contributed by atoms with van der Waals surface area (Å²) in [5, 5.41) is 15.5. The van der Waals surface area contributed by atoms with Gasteiger partial charge in [0.1, 0.15) is 5.75 Å². The number of urea groups is 1. The van der Waals surface area contributed by atoms with Crippen LogP contribution in [-0.4, -0.2) is 30.4 Å². The number of hydrogen-bond donors (Lipinski definition) is 3. The minimum atomic E-state index is -0.814. The van der Waals surface area contributed by atoms with Crippen LogP contribution in [-0.2, 0) is 0 Å². The van der Waals surface area contributed by atoms with Crippen molar-refractivity contribution in [2.75, 3.05) is 19.0 Å². The van der Waals surface area contributed by atoms with Gasteiger partial charge in [-0.2, -0.15) is 0 Å². The van der Waals surface area contributed by atoms with Crippen LogP contribution in [0.4, 0.5) is 10.5 Å². The van der Waals surface area contributed by atoms with Gasteiger partial charge in [-0.3, -0.25) is 0 Å². The summed E-state index contributed by atoms with van der Waals surface area (Å²) < 4.78 is 5.08. The highest BCUT2D eigenvalue weighted by molar-refractivity contribution is 5.89. The SMILES string of the molecule is COc1cccc(NC(=O)NCC(C)(O)C2CC2)c1. The summed E-state index contributed by atoms with van der Waals surface area (Å²) in [5.74, 6) is 0.993. The largest absolute Gasteiger partial charge is 0.497 e. The third-order valence-electron chi connectivity index (χ3n) is 3.39. The Morgan fingerprint density at radius 1 is 1.53 bits per heavy atom. The molecule has 104 valence electrons. The normalized spacial score (nSPS) is 17.4. The summed E-state index contributed by atoms with van der Waals surface area (Å²) in [4.78, 5) is 11.7. The summed E-state index contributed by atoms with van der Waals surface area (Å²) in [6.07, 6.45) is 2.07. The molecule has 0 aliphatic heterocycles. The highest BCUT2D eigenvalue weighted by Crippen LogP contribution is 2.38. The summed E-state index contributed by atoms with van der Waals surface area (Å²) >= 11 is 0. The molecule has 19 heavy (non-hydrogen) atoms. The van der Waals surface area contributed by atoms with Gasteiger partial charge in [0.25, 0.3) is 0 Å². The Morgan fingerprint density at radius 3 is 2.89 bits per heavy atom. The van der Waals surface area contributed by atoms with Crippen LogP contribution in [0.25, 0.3) is 0 Å². The lowest BCUT2D eigenvalue weighted by Gasteiger charge is -2.23. The fourth-order valence-electron chi connectivity index (χ4n) is 1.98. The van der Waals surface area contributed by atoms with E-state index in [0.717, 1.165) is 12.8 Å². The maximum Gasteiger partial charge on any atom is 0.319 e. The van der Waals surface area contributed by atoms with Crippen molar-refractivity contribution in [2.24, 2.45) is 5.92 Å². The van der Waals surface area contributed by atoms with Crippen LogP contribution in [0.5, 0.6) is 5.75 Å². The molecule has 1 unspecified atom stereocenters. The van der Waals surface area contributed by atoms with Gasteiger partial charge >= 0.3 is 6.03 Å². The maximum atomic E-state index is 11.7. The quantitative estimate of drug-likeness (QED) is 0.761. The molecule has 1 aliphatic rings. The van der Waals surface area contributed by atoms with E-state index in [-0.39, 0.29) is 12.6 Å². The number of carbonyl (C=O) groups excluding carboxylic acids is 1. The molecule has 5 heteroatoms. The molecule has 0 spiro atoms. The van der Waals surface area contributed by atoms with E-state index in [2.05, 4.69) is 10.6 Å². The second-order valence-electron chi connectivity index (χ2n) is 5.17. The van der Waals surface area contributed by atoms with Crippen LogP contribution < -0.4 is 15.4 Å². The Balaban J connectivity index is 1.83. The van der Waals surface area contributed by atoms with Gasteiger partial charge in [-0.1, -0.05) is 6.07 Å². The van der Waals surface area contributed by atoms with Gasteiger partial charge in [-0.05, 0) is 37.8 Å². The van der Waals surface area contributed by atoms with Crippen molar-refractivity contribution in [3.05, 3.63) is 24.3 Å². The van der Waals surface area contributed by atoms with Crippen molar-refractivity contribution in [1.82, 2.24) is 5.32 Å². The Labute approximate surface area is 113 Å². The number of amides is 2. The molecule has 0 aromatic heterocycles. The highest BCUT2D eigenvalue weighted by atomic mass is 16.5. The number of aliphatic hydroxyl groups is 1. The van der Waals surface area contributed by atoms with E-state index in [1.807, 2.05) is 0 Å². The molecule has 2 rings (SSSR count). The van der Waals surface area contributed by atoms with E-state index in [0.29, 0.717) is 17.4 Å². The molecule has 1 saturated carbocycles. The predicted octanol–water partition coefficient (Wildman–Crippen LogP) is 1.98.